The number of carbonyl (C=O) groups is 1. The summed E-state index contributed by atoms with van der Waals surface area (Å²) in [5, 5.41) is 0. The van der Waals surface area contributed by atoms with E-state index < -0.39 is 0 Å². The first-order chi connectivity index (χ1) is 7.81. The lowest BCUT2D eigenvalue weighted by molar-refractivity contribution is 0.112. The fraction of sp³-hybridized carbons (Fsp3) is 0.500. The predicted molar refractivity (Wildman–Crippen MR) is 74.8 cm³/mol. The van der Waals surface area contributed by atoms with E-state index in [4.69, 9.17) is 0 Å². The molecule has 1 aliphatic rings. The number of rotatable bonds is 3. The minimum atomic E-state index is 0.837. The largest absolute Gasteiger partial charge is 0.298 e. The molecule has 1 saturated carbocycles. The third kappa shape index (κ3) is 2.84. The Morgan fingerprint density at radius 3 is 2.69 bits per heavy atom. The van der Waals surface area contributed by atoms with Crippen LogP contribution >= 0.6 is 22.6 Å². The van der Waals surface area contributed by atoms with E-state index in [1.54, 1.807) is 0 Å². The molecule has 0 atom stereocenters. The van der Waals surface area contributed by atoms with Gasteiger partial charge in [0.25, 0.3) is 0 Å². The summed E-state index contributed by atoms with van der Waals surface area (Å²) >= 11 is 2.31. The summed E-state index contributed by atoms with van der Waals surface area (Å²) in [6.45, 7) is 0. The van der Waals surface area contributed by atoms with E-state index in [9.17, 15) is 4.79 Å². The second kappa shape index (κ2) is 5.80. The number of hydrogen-bond donors (Lipinski definition) is 0. The Morgan fingerprint density at radius 2 is 2.00 bits per heavy atom. The van der Waals surface area contributed by atoms with Crippen LogP contribution in [-0.2, 0) is 6.42 Å². The SMILES string of the molecule is O=Cc1cccc(CC2CCCCC2)c1I. The van der Waals surface area contributed by atoms with Crippen molar-refractivity contribution in [3.05, 3.63) is 32.9 Å². The normalized spacial score (nSPS) is 17.3. The van der Waals surface area contributed by atoms with Gasteiger partial charge in [0.05, 0.1) is 0 Å². The first-order valence-corrected chi connectivity index (χ1v) is 7.11. The molecule has 16 heavy (non-hydrogen) atoms. The Balaban J connectivity index is 2.11. The molecule has 0 heterocycles. The maximum atomic E-state index is 10.9. The molecule has 0 bridgehead atoms. The highest BCUT2D eigenvalue weighted by molar-refractivity contribution is 14.1. The minimum absolute atomic E-state index is 0.837. The monoisotopic (exact) mass is 328 g/mol. The topological polar surface area (TPSA) is 17.1 Å². The molecule has 2 rings (SSSR count). The van der Waals surface area contributed by atoms with Crippen LogP contribution in [0.3, 0.4) is 0 Å². The van der Waals surface area contributed by atoms with Crippen molar-refractivity contribution in [2.24, 2.45) is 5.92 Å². The number of benzene rings is 1. The average Bonchev–Trinajstić information content (AvgIpc) is 2.33. The summed E-state index contributed by atoms with van der Waals surface area (Å²) in [5.74, 6) is 0.837. The minimum Gasteiger partial charge on any atom is -0.298 e. The molecule has 0 saturated heterocycles. The number of hydrogen-bond acceptors (Lipinski definition) is 1. The van der Waals surface area contributed by atoms with Gasteiger partial charge >= 0.3 is 0 Å². The van der Waals surface area contributed by atoms with E-state index in [1.807, 2.05) is 12.1 Å². The summed E-state index contributed by atoms with van der Waals surface area (Å²) < 4.78 is 1.15. The molecular weight excluding hydrogens is 311 g/mol. The third-order valence-electron chi connectivity index (χ3n) is 3.47. The van der Waals surface area contributed by atoms with Crippen LogP contribution in [-0.4, -0.2) is 6.29 Å². The highest BCUT2D eigenvalue weighted by Gasteiger charge is 2.15. The number of aldehydes is 1. The molecule has 1 aliphatic carbocycles. The highest BCUT2D eigenvalue weighted by atomic mass is 127. The number of carbonyl (C=O) groups excluding carboxylic acids is 1. The molecule has 86 valence electrons. The Bertz CT molecular complexity index is 367. The second-order valence-electron chi connectivity index (χ2n) is 4.65. The first-order valence-electron chi connectivity index (χ1n) is 6.04. The van der Waals surface area contributed by atoms with Crippen LogP contribution in [0.15, 0.2) is 18.2 Å². The Morgan fingerprint density at radius 1 is 1.25 bits per heavy atom. The molecular formula is C14H17IO. The van der Waals surface area contributed by atoms with Gasteiger partial charge in [-0.1, -0.05) is 50.3 Å². The smallest absolute Gasteiger partial charge is 0.151 e. The number of halogens is 1. The van der Waals surface area contributed by atoms with Crippen molar-refractivity contribution in [3.8, 4) is 0 Å². The molecule has 1 aromatic rings. The first kappa shape index (κ1) is 12.1. The van der Waals surface area contributed by atoms with Crippen molar-refractivity contribution in [2.45, 2.75) is 38.5 Å². The van der Waals surface area contributed by atoms with Gasteiger partial charge in [-0.25, -0.2) is 0 Å². The van der Waals surface area contributed by atoms with E-state index in [0.29, 0.717) is 0 Å². The van der Waals surface area contributed by atoms with Crippen LogP contribution in [0.1, 0.15) is 48.0 Å². The summed E-state index contributed by atoms with van der Waals surface area (Å²) in [6, 6.07) is 6.08. The maximum absolute atomic E-state index is 10.9. The molecule has 1 aromatic carbocycles. The van der Waals surface area contributed by atoms with Gasteiger partial charge in [-0.05, 0) is 40.5 Å². The fourth-order valence-corrected chi connectivity index (χ4v) is 3.26. The van der Waals surface area contributed by atoms with Gasteiger partial charge in [-0.3, -0.25) is 4.79 Å². The van der Waals surface area contributed by atoms with E-state index >= 15 is 0 Å². The zero-order chi connectivity index (χ0) is 11.4. The van der Waals surface area contributed by atoms with Gasteiger partial charge in [-0.15, -0.1) is 0 Å². The zero-order valence-corrected chi connectivity index (χ0v) is 11.6. The Labute approximate surface area is 111 Å². The maximum Gasteiger partial charge on any atom is 0.151 e. The summed E-state index contributed by atoms with van der Waals surface area (Å²) in [7, 11) is 0. The van der Waals surface area contributed by atoms with E-state index in [2.05, 4.69) is 28.7 Å². The molecule has 0 aliphatic heterocycles. The van der Waals surface area contributed by atoms with Crippen molar-refractivity contribution in [3.63, 3.8) is 0 Å². The van der Waals surface area contributed by atoms with Gasteiger partial charge < -0.3 is 0 Å². The summed E-state index contributed by atoms with van der Waals surface area (Å²) in [5.41, 5.74) is 2.20. The molecule has 0 spiro atoms. The fourth-order valence-electron chi connectivity index (χ4n) is 2.55. The molecule has 0 aromatic heterocycles. The van der Waals surface area contributed by atoms with Crippen LogP contribution < -0.4 is 0 Å². The van der Waals surface area contributed by atoms with Crippen molar-refractivity contribution >= 4 is 28.9 Å². The highest BCUT2D eigenvalue weighted by Crippen LogP contribution is 2.28. The summed E-state index contributed by atoms with van der Waals surface area (Å²) in [6.07, 6.45) is 9.01. The Kier molecular flexibility index (Phi) is 4.38. The molecule has 0 radical (unpaired) electrons. The average molecular weight is 328 g/mol. The van der Waals surface area contributed by atoms with Crippen molar-refractivity contribution in [2.75, 3.05) is 0 Å². The van der Waals surface area contributed by atoms with Crippen LogP contribution in [0.2, 0.25) is 0 Å². The predicted octanol–water partition coefficient (Wildman–Crippen LogP) is 4.23. The van der Waals surface area contributed by atoms with Crippen molar-refractivity contribution < 1.29 is 4.79 Å². The Hall–Kier alpha value is -0.380. The van der Waals surface area contributed by atoms with Crippen LogP contribution in [0.25, 0.3) is 0 Å². The van der Waals surface area contributed by atoms with E-state index in [1.165, 1.54) is 37.7 Å². The van der Waals surface area contributed by atoms with Crippen molar-refractivity contribution in [1.82, 2.24) is 0 Å². The third-order valence-corrected chi connectivity index (χ3v) is 4.78. The standard InChI is InChI=1S/C14H17IO/c15-14-12(7-4-8-13(14)10-16)9-11-5-2-1-3-6-11/h4,7-8,10-11H,1-3,5-6,9H2. The quantitative estimate of drug-likeness (QED) is 0.600. The summed E-state index contributed by atoms with van der Waals surface area (Å²) in [4.78, 5) is 10.9. The van der Waals surface area contributed by atoms with Gasteiger partial charge in [0, 0.05) is 9.13 Å². The van der Waals surface area contributed by atoms with E-state index in [0.717, 1.165) is 27.8 Å². The van der Waals surface area contributed by atoms with Crippen LogP contribution in [0.4, 0.5) is 0 Å². The molecule has 1 nitrogen and oxygen atoms in total. The van der Waals surface area contributed by atoms with Gasteiger partial charge in [0.15, 0.2) is 6.29 Å². The lowest BCUT2D eigenvalue weighted by Crippen LogP contribution is -2.10. The lowest BCUT2D eigenvalue weighted by atomic mass is 9.85. The zero-order valence-electron chi connectivity index (χ0n) is 9.42. The van der Waals surface area contributed by atoms with Crippen LogP contribution in [0.5, 0.6) is 0 Å². The molecule has 1 fully saturated rings. The molecule has 0 unspecified atom stereocenters. The van der Waals surface area contributed by atoms with Gasteiger partial charge in [-0.2, -0.15) is 0 Å². The van der Waals surface area contributed by atoms with E-state index in [-0.39, 0.29) is 0 Å². The molecule has 2 heteroatoms. The van der Waals surface area contributed by atoms with Crippen molar-refractivity contribution in [1.29, 1.82) is 0 Å². The van der Waals surface area contributed by atoms with Crippen LogP contribution in [0, 0.1) is 9.49 Å². The van der Waals surface area contributed by atoms with Gasteiger partial charge in [0.1, 0.15) is 0 Å². The molecule has 0 amide bonds. The molecule has 0 N–H and O–H groups in total. The van der Waals surface area contributed by atoms with Gasteiger partial charge in [0.2, 0.25) is 0 Å². The lowest BCUT2D eigenvalue weighted by Gasteiger charge is -2.22. The second-order valence-corrected chi connectivity index (χ2v) is 5.73.